The van der Waals surface area contributed by atoms with Crippen molar-refractivity contribution in [1.82, 2.24) is 4.98 Å². The molecule has 1 aromatic heterocycles. The topological polar surface area (TPSA) is 73.3 Å². The van der Waals surface area contributed by atoms with Gasteiger partial charge in [0.15, 0.2) is 0 Å². The van der Waals surface area contributed by atoms with Crippen LogP contribution in [0, 0.1) is 6.92 Å². The molecule has 0 fully saturated rings. The molecule has 5 heteroatoms. The maximum absolute atomic E-state index is 5.80. The summed E-state index contributed by atoms with van der Waals surface area (Å²) in [5.74, 6) is 2.20. The summed E-state index contributed by atoms with van der Waals surface area (Å²) in [7, 11) is 0. The molecule has 2 aromatic rings. The number of anilines is 2. The molecular formula is C13H17N3O2. The van der Waals surface area contributed by atoms with E-state index < -0.39 is 0 Å². The first-order valence-electron chi connectivity index (χ1n) is 5.86. The van der Waals surface area contributed by atoms with Gasteiger partial charge in [-0.3, -0.25) is 0 Å². The van der Waals surface area contributed by atoms with Gasteiger partial charge in [-0.2, -0.15) is 0 Å². The second-order valence-electron chi connectivity index (χ2n) is 3.94. The minimum Gasteiger partial charge on any atom is -0.494 e. The molecule has 0 saturated heterocycles. The summed E-state index contributed by atoms with van der Waals surface area (Å²) in [4.78, 5) is 4.12. The van der Waals surface area contributed by atoms with E-state index in [4.69, 9.17) is 14.9 Å². The van der Waals surface area contributed by atoms with Crippen LogP contribution >= 0.6 is 0 Å². The number of nitrogens with two attached hydrogens (primary N) is 1. The van der Waals surface area contributed by atoms with Crippen molar-refractivity contribution in [2.24, 2.45) is 0 Å². The molecule has 0 unspecified atom stereocenters. The molecule has 18 heavy (non-hydrogen) atoms. The summed E-state index contributed by atoms with van der Waals surface area (Å²) in [6.45, 7) is 4.93. The predicted octanol–water partition coefficient (Wildman–Crippen LogP) is 2.58. The standard InChI is InChI=1S/C13H17N3O2/c1-3-17-12-5-10(14)4-11(6-12)15-8-13-16-7-9(2)18-13/h4-7,15H,3,8,14H2,1-2H3. The normalized spacial score (nSPS) is 10.3. The number of aromatic nitrogens is 1. The van der Waals surface area contributed by atoms with Gasteiger partial charge in [0, 0.05) is 23.5 Å². The van der Waals surface area contributed by atoms with E-state index >= 15 is 0 Å². The molecule has 96 valence electrons. The van der Waals surface area contributed by atoms with Gasteiger partial charge in [0.05, 0.1) is 19.3 Å². The third-order valence-corrected chi connectivity index (χ3v) is 2.35. The average molecular weight is 247 g/mol. The van der Waals surface area contributed by atoms with Crippen molar-refractivity contribution in [3.63, 3.8) is 0 Å². The van der Waals surface area contributed by atoms with Crippen LogP contribution in [0.5, 0.6) is 5.75 Å². The summed E-state index contributed by atoms with van der Waals surface area (Å²) in [6, 6.07) is 5.54. The van der Waals surface area contributed by atoms with E-state index in [1.54, 1.807) is 12.3 Å². The summed E-state index contributed by atoms with van der Waals surface area (Å²) in [5.41, 5.74) is 7.35. The third-order valence-electron chi connectivity index (χ3n) is 2.35. The monoisotopic (exact) mass is 247 g/mol. The first kappa shape index (κ1) is 12.3. The number of nitrogens with one attached hydrogen (secondary N) is 1. The minimum atomic E-state index is 0.517. The zero-order valence-electron chi connectivity index (χ0n) is 10.6. The first-order valence-corrected chi connectivity index (χ1v) is 5.86. The van der Waals surface area contributed by atoms with Crippen LogP contribution in [0.4, 0.5) is 11.4 Å². The average Bonchev–Trinajstić information content (AvgIpc) is 2.72. The zero-order valence-corrected chi connectivity index (χ0v) is 10.6. The van der Waals surface area contributed by atoms with Gasteiger partial charge >= 0.3 is 0 Å². The molecule has 2 rings (SSSR count). The van der Waals surface area contributed by atoms with Crippen LogP contribution in [0.3, 0.4) is 0 Å². The van der Waals surface area contributed by atoms with E-state index in [-0.39, 0.29) is 0 Å². The lowest BCUT2D eigenvalue weighted by atomic mass is 10.2. The predicted molar refractivity (Wildman–Crippen MR) is 70.6 cm³/mol. The Kier molecular flexibility index (Phi) is 3.72. The van der Waals surface area contributed by atoms with Gasteiger partial charge in [0.1, 0.15) is 11.5 Å². The fourth-order valence-corrected chi connectivity index (χ4v) is 1.63. The van der Waals surface area contributed by atoms with Crippen LogP contribution in [0.1, 0.15) is 18.6 Å². The third kappa shape index (κ3) is 3.16. The van der Waals surface area contributed by atoms with E-state index in [1.165, 1.54) is 0 Å². The van der Waals surface area contributed by atoms with Gasteiger partial charge < -0.3 is 20.2 Å². The van der Waals surface area contributed by atoms with Crippen molar-refractivity contribution in [3.05, 3.63) is 36.0 Å². The Morgan fingerprint density at radius 2 is 2.22 bits per heavy atom. The highest BCUT2D eigenvalue weighted by Gasteiger charge is 2.03. The van der Waals surface area contributed by atoms with E-state index in [1.807, 2.05) is 26.0 Å². The number of hydrogen-bond donors (Lipinski definition) is 2. The van der Waals surface area contributed by atoms with Crippen LogP contribution in [-0.2, 0) is 6.54 Å². The molecular weight excluding hydrogens is 230 g/mol. The Morgan fingerprint density at radius 3 is 2.89 bits per heavy atom. The maximum Gasteiger partial charge on any atom is 0.213 e. The number of nitrogens with zero attached hydrogens (tertiary/aromatic N) is 1. The summed E-state index contributed by atoms with van der Waals surface area (Å²) < 4.78 is 10.8. The van der Waals surface area contributed by atoms with Gasteiger partial charge in [-0.25, -0.2) is 4.98 Å². The van der Waals surface area contributed by atoms with Crippen LogP contribution in [0.15, 0.2) is 28.8 Å². The molecule has 1 heterocycles. The van der Waals surface area contributed by atoms with Crippen molar-refractivity contribution >= 4 is 11.4 Å². The summed E-state index contributed by atoms with van der Waals surface area (Å²) >= 11 is 0. The van der Waals surface area contributed by atoms with E-state index in [0.29, 0.717) is 24.7 Å². The lowest BCUT2D eigenvalue weighted by Gasteiger charge is -2.09. The largest absolute Gasteiger partial charge is 0.494 e. The van der Waals surface area contributed by atoms with Gasteiger partial charge in [0.25, 0.3) is 0 Å². The Balaban J connectivity index is 2.04. The first-order chi connectivity index (χ1) is 8.67. The number of aryl methyl sites for hydroxylation is 1. The second kappa shape index (κ2) is 5.44. The van der Waals surface area contributed by atoms with Crippen LogP contribution in [0.2, 0.25) is 0 Å². The molecule has 0 atom stereocenters. The minimum absolute atomic E-state index is 0.517. The highest BCUT2D eigenvalue weighted by atomic mass is 16.5. The SMILES string of the molecule is CCOc1cc(N)cc(NCc2ncc(C)o2)c1. The number of oxazole rings is 1. The van der Waals surface area contributed by atoms with Crippen LogP contribution in [0.25, 0.3) is 0 Å². The summed E-state index contributed by atoms with van der Waals surface area (Å²) in [6.07, 6.45) is 1.70. The molecule has 0 bridgehead atoms. The molecule has 5 nitrogen and oxygen atoms in total. The quantitative estimate of drug-likeness (QED) is 0.794. The van der Waals surface area contributed by atoms with Crippen molar-refractivity contribution in [2.75, 3.05) is 17.7 Å². The van der Waals surface area contributed by atoms with E-state index in [0.717, 1.165) is 17.2 Å². The Bertz CT molecular complexity index is 523. The molecule has 0 aliphatic heterocycles. The van der Waals surface area contributed by atoms with Crippen molar-refractivity contribution < 1.29 is 9.15 Å². The van der Waals surface area contributed by atoms with Gasteiger partial charge in [-0.1, -0.05) is 0 Å². The molecule has 0 aliphatic rings. The van der Waals surface area contributed by atoms with Crippen molar-refractivity contribution in [1.29, 1.82) is 0 Å². The number of nitrogen functional groups attached to an aromatic ring is 1. The molecule has 0 spiro atoms. The molecule has 0 amide bonds. The zero-order chi connectivity index (χ0) is 13.0. The van der Waals surface area contributed by atoms with Gasteiger partial charge in [-0.05, 0) is 19.9 Å². The fraction of sp³-hybridized carbons (Fsp3) is 0.308. The molecule has 0 radical (unpaired) electrons. The number of hydrogen-bond acceptors (Lipinski definition) is 5. The number of rotatable bonds is 5. The molecule has 0 aliphatic carbocycles. The maximum atomic E-state index is 5.80. The molecule has 1 aromatic carbocycles. The van der Waals surface area contributed by atoms with Crippen LogP contribution in [-0.4, -0.2) is 11.6 Å². The van der Waals surface area contributed by atoms with Crippen LogP contribution < -0.4 is 15.8 Å². The van der Waals surface area contributed by atoms with Gasteiger partial charge in [0.2, 0.25) is 5.89 Å². The van der Waals surface area contributed by atoms with Crippen molar-refractivity contribution in [2.45, 2.75) is 20.4 Å². The number of ether oxygens (including phenoxy) is 1. The highest BCUT2D eigenvalue weighted by Crippen LogP contribution is 2.23. The van der Waals surface area contributed by atoms with Crippen molar-refractivity contribution in [3.8, 4) is 5.75 Å². The Hall–Kier alpha value is -2.17. The lowest BCUT2D eigenvalue weighted by Crippen LogP contribution is -2.01. The van der Waals surface area contributed by atoms with Gasteiger partial charge in [-0.15, -0.1) is 0 Å². The lowest BCUT2D eigenvalue weighted by molar-refractivity contribution is 0.340. The molecule has 3 N–H and O–H groups in total. The number of benzene rings is 1. The fourth-order valence-electron chi connectivity index (χ4n) is 1.63. The Morgan fingerprint density at radius 1 is 1.39 bits per heavy atom. The highest BCUT2D eigenvalue weighted by molar-refractivity contribution is 5.59. The smallest absolute Gasteiger partial charge is 0.213 e. The Labute approximate surface area is 106 Å². The van der Waals surface area contributed by atoms with E-state index in [2.05, 4.69) is 10.3 Å². The second-order valence-corrected chi connectivity index (χ2v) is 3.94. The van der Waals surface area contributed by atoms with E-state index in [9.17, 15) is 0 Å². The summed E-state index contributed by atoms with van der Waals surface area (Å²) in [5, 5.41) is 3.20. The molecule has 0 saturated carbocycles.